The van der Waals surface area contributed by atoms with E-state index in [1.807, 2.05) is 24.3 Å². The third-order valence-electron chi connectivity index (χ3n) is 4.32. The lowest BCUT2D eigenvalue weighted by molar-refractivity contribution is 0.0949. The molecule has 7 nitrogen and oxygen atoms in total. The van der Waals surface area contributed by atoms with Crippen LogP contribution in [0.1, 0.15) is 27.2 Å². The molecule has 0 radical (unpaired) electrons. The van der Waals surface area contributed by atoms with Crippen LogP contribution in [0.3, 0.4) is 0 Å². The summed E-state index contributed by atoms with van der Waals surface area (Å²) in [7, 11) is 1.47. The number of hydrogen-bond acceptors (Lipinski definition) is 5. The number of benzene rings is 2. The zero-order chi connectivity index (χ0) is 18.1. The Morgan fingerprint density at radius 3 is 3.04 bits per heavy atom. The normalized spacial score (nSPS) is 12.0. The number of ether oxygens (including phenoxy) is 1. The third kappa shape index (κ3) is 2.69. The quantitative estimate of drug-likeness (QED) is 0.390. The van der Waals surface area contributed by atoms with Gasteiger partial charge in [-0.05, 0) is 29.3 Å². The fraction of sp³-hybridized carbons (Fsp3) is 0.105. The molecule has 1 aliphatic carbocycles. The van der Waals surface area contributed by atoms with Gasteiger partial charge >= 0.3 is 0 Å². The number of carbonyl (C=O) groups is 1. The van der Waals surface area contributed by atoms with E-state index in [0.717, 1.165) is 22.4 Å². The number of aromatic hydroxyl groups is 1. The molecule has 0 unspecified atom stereocenters. The summed E-state index contributed by atoms with van der Waals surface area (Å²) < 4.78 is 5.04. The van der Waals surface area contributed by atoms with Crippen molar-refractivity contribution in [3.63, 3.8) is 0 Å². The highest BCUT2D eigenvalue weighted by molar-refractivity contribution is 5.97. The second kappa shape index (κ2) is 6.36. The van der Waals surface area contributed by atoms with Crippen LogP contribution in [-0.2, 0) is 6.42 Å². The highest BCUT2D eigenvalue weighted by Crippen LogP contribution is 2.36. The average Bonchev–Trinajstić information content (AvgIpc) is 3.22. The molecule has 0 saturated carbocycles. The van der Waals surface area contributed by atoms with Crippen LogP contribution < -0.4 is 10.2 Å². The van der Waals surface area contributed by atoms with Gasteiger partial charge in [-0.25, -0.2) is 5.43 Å². The molecule has 130 valence electrons. The number of rotatable bonds is 4. The lowest BCUT2D eigenvalue weighted by atomic mass is 10.1. The summed E-state index contributed by atoms with van der Waals surface area (Å²) in [4.78, 5) is 12.4. The summed E-state index contributed by atoms with van der Waals surface area (Å²) in [5.74, 6) is 0.0271. The lowest BCUT2D eigenvalue weighted by Crippen LogP contribution is -2.19. The van der Waals surface area contributed by atoms with Crippen LogP contribution in [0.25, 0.3) is 11.3 Å². The van der Waals surface area contributed by atoms with Crippen LogP contribution in [0.2, 0.25) is 0 Å². The Labute approximate surface area is 149 Å². The molecule has 0 atom stereocenters. The van der Waals surface area contributed by atoms with Crippen LogP contribution in [0.15, 0.2) is 47.6 Å². The van der Waals surface area contributed by atoms with Gasteiger partial charge in [0.1, 0.15) is 5.69 Å². The molecule has 1 amide bonds. The first kappa shape index (κ1) is 15.9. The molecular formula is C19H16N4O3. The Hall–Kier alpha value is -3.61. The Morgan fingerprint density at radius 1 is 1.35 bits per heavy atom. The number of phenolic OH excluding ortho intramolecular Hbond substituents is 1. The van der Waals surface area contributed by atoms with E-state index < -0.39 is 0 Å². The first-order valence-electron chi connectivity index (χ1n) is 8.03. The van der Waals surface area contributed by atoms with Gasteiger partial charge in [0.05, 0.1) is 19.0 Å². The number of amides is 1. The molecule has 1 aliphatic rings. The summed E-state index contributed by atoms with van der Waals surface area (Å²) in [6.45, 7) is 0. The fourth-order valence-corrected chi connectivity index (χ4v) is 3.04. The SMILES string of the molecule is COc1cc(/C=N/NC(=O)c2[nH]nc3c2Cc2ccccc2-3)ccc1O. The number of H-pyrrole nitrogens is 1. The summed E-state index contributed by atoms with van der Waals surface area (Å²) >= 11 is 0. The van der Waals surface area contributed by atoms with E-state index in [1.54, 1.807) is 12.1 Å². The molecule has 7 heteroatoms. The molecule has 0 bridgehead atoms. The van der Waals surface area contributed by atoms with Crippen LogP contribution >= 0.6 is 0 Å². The number of hydrogen-bond donors (Lipinski definition) is 3. The van der Waals surface area contributed by atoms with Crippen LogP contribution in [0, 0.1) is 0 Å². The maximum atomic E-state index is 12.4. The topological polar surface area (TPSA) is 99.6 Å². The van der Waals surface area contributed by atoms with E-state index in [9.17, 15) is 9.90 Å². The monoisotopic (exact) mass is 348 g/mol. The largest absolute Gasteiger partial charge is 0.504 e. The highest BCUT2D eigenvalue weighted by Gasteiger charge is 2.27. The van der Waals surface area contributed by atoms with Crippen molar-refractivity contribution in [2.24, 2.45) is 5.10 Å². The number of phenols is 1. The van der Waals surface area contributed by atoms with Crippen LogP contribution in [0.5, 0.6) is 11.5 Å². The molecule has 0 fully saturated rings. The van der Waals surface area contributed by atoms with Gasteiger partial charge in [-0.15, -0.1) is 0 Å². The van der Waals surface area contributed by atoms with Crippen molar-refractivity contribution in [3.05, 3.63) is 64.8 Å². The molecule has 0 spiro atoms. The van der Waals surface area contributed by atoms with E-state index in [-0.39, 0.29) is 11.7 Å². The van der Waals surface area contributed by atoms with Crippen LogP contribution in [0.4, 0.5) is 0 Å². The van der Waals surface area contributed by atoms with Gasteiger partial charge in [0.25, 0.3) is 5.91 Å². The number of fused-ring (bicyclic) bond motifs is 3. The van der Waals surface area contributed by atoms with E-state index >= 15 is 0 Å². The van der Waals surface area contributed by atoms with Crippen molar-refractivity contribution in [2.45, 2.75) is 6.42 Å². The predicted molar refractivity (Wildman–Crippen MR) is 96.5 cm³/mol. The predicted octanol–water partition coefficient (Wildman–Crippen LogP) is 2.46. The van der Waals surface area contributed by atoms with Crippen molar-refractivity contribution in [1.29, 1.82) is 0 Å². The zero-order valence-electron chi connectivity index (χ0n) is 14.0. The molecule has 1 heterocycles. The third-order valence-corrected chi connectivity index (χ3v) is 4.32. The molecule has 2 aromatic carbocycles. The molecular weight excluding hydrogens is 332 g/mol. The minimum atomic E-state index is -0.353. The summed E-state index contributed by atoms with van der Waals surface area (Å²) in [5, 5.41) is 20.6. The smallest absolute Gasteiger partial charge is 0.289 e. The van der Waals surface area contributed by atoms with Gasteiger partial charge in [-0.1, -0.05) is 24.3 Å². The first-order valence-corrected chi connectivity index (χ1v) is 8.03. The number of aromatic nitrogens is 2. The molecule has 26 heavy (non-hydrogen) atoms. The zero-order valence-corrected chi connectivity index (χ0v) is 14.0. The summed E-state index contributed by atoms with van der Waals surface area (Å²) in [6.07, 6.45) is 2.15. The molecule has 4 rings (SSSR count). The van der Waals surface area contributed by atoms with E-state index in [2.05, 4.69) is 20.7 Å². The molecule has 3 aromatic rings. The van der Waals surface area contributed by atoms with Crippen molar-refractivity contribution in [3.8, 4) is 22.8 Å². The molecule has 0 aliphatic heterocycles. The number of methoxy groups -OCH3 is 1. The Balaban J connectivity index is 1.49. The Kier molecular flexibility index (Phi) is 3.89. The lowest BCUT2D eigenvalue weighted by Gasteiger charge is -2.03. The highest BCUT2D eigenvalue weighted by atomic mass is 16.5. The fourth-order valence-electron chi connectivity index (χ4n) is 3.04. The van der Waals surface area contributed by atoms with E-state index in [1.165, 1.54) is 19.4 Å². The van der Waals surface area contributed by atoms with Gasteiger partial charge in [0.15, 0.2) is 11.5 Å². The maximum absolute atomic E-state index is 12.4. The molecule has 0 saturated heterocycles. The first-order chi connectivity index (χ1) is 12.7. The average molecular weight is 348 g/mol. The van der Waals surface area contributed by atoms with E-state index in [4.69, 9.17) is 4.74 Å². The Bertz CT molecular complexity index is 1020. The van der Waals surface area contributed by atoms with Crippen molar-refractivity contribution >= 4 is 12.1 Å². The second-order valence-corrected chi connectivity index (χ2v) is 5.89. The number of aromatic amines is 1. The summed E-state index contributed by atoms with van der Waals surface area (Å²) in [6, 6.07) is 12.8. The van der Waals surface area contributed by atoms with Gasteiger partial charge in [0, 0.05) is 17.5 Å². The van der Waals surface area contributed by atoms with Gasteiger partial charge in [-0.2, -0.15) is 10.2 Å². The van der Waals surface area contributed by atoms with E-state index in [0.29, 0.717) is 23.4 Å². The molecule has 3 N–H and O–H groups in total. The second-order valence-electron chi connectivity index (χ2n) is 5.89. The standard InChI is InChI=1S/C19H16N4O3/c1-26-16-8-11(6-7-15(16)24)10-20-23-19(25)18-14-9-12-4-2-3-5-13(12)17(14)21-22-18/h2-8,10,24H,9H2,1H3,(H,21,22)(H,23,25)/b20-10+. The van der Waals surface area contributed by atoms with Gasteiger partial charge in [-0.3, -0.25) is 9.89 Å². The van der Waals surface area contributed by atoms with Crippen molar-refractivity contribution < 1.29 is 14.6 Å². The maximum Gasteiger partial charge on any atom is 0.289 e. The number of carbonyl (C=O) groups excluding carboxylic acids is 1. The van der Waals surface area contributed by atoms with Gasteiger partial charge < -0.3 is 9.84 Å². The summed E-state index contributed by atoms with van der Waals surface area (Å²) in [5.41, 5.74) is 7.50. The number of nitrogens with one attached hydrogen (secondary N) is 2. The Morgan fingerprint density at radius 2 is 2.19 bits per heavy atom. The number of hydrazone groups is 1. The van der Waals surface area contributed by atoms with Crippen molar-refractivity contribution in [1.82, 2.24) is 15.6 Å². The minimum Gasteiger partial charge on any atom is -0.504 e. The van der Waals surface area contributed by atoms with Crippen LogP contribution in [-0.4, -0.2) is 34.5 Å². The number of nitrogens with zero attached hydrogens (tertiary/aromatic N) is 2. The molecule has 1 aromatic heterocycles. The minimum absolute atomic E-state index is 0.0428. The van der Waals surface area contributed by atoms with Gasteiger partial charge in [0.2, 0.25) is 0 Å². The van der Waals surface area contributed by atoms with Crippen molar-refractivity contribution in [2.75, 3.05) is 7.11 Å².